The van der Waals surface area contributed by atoms with Crippen LogP contribution in [-0.2, 0) is 11.2 Å². The van der Waals surface area contributed by atoms with Crippen molar-refractivity contribution in [3.63, 3.8) is 0 Å². The van der Waals surface area contributed by atoms with Crippen molar-refractivity contribution in [3.8, 4) is 6.07 Å². The minimum atomic E-state index is -0.553. The van der Waals surface area contributed by atoms with E-state index in [1.165, 1.54) is 11.3 Å². The number of carbonyl (C=O) groups excluding carboxylic acids is 1. The number of hydrogen-bond acceptors (Lipinski definition) is 8. The van der Waals surface area contributed by atoms with Crippen LogP contribution in [0.3, 0.4) is 0 Å². The molecule has 35 heavy (non-hydrogen) atoms. The van der Waals surface area contributed by atoms with Crippen LogP contribution in [0, 0.1) is 11.3 Å². The number of nitrogens with one attached hydrogen (secondary N) is 2. The highest BCUT2D eigenvalue weighted by Gasteiger charge is 2.20. The topological polar surface area (TPSA) is 113 Å². The van der Waals surface area contributed by atoms with Crippen LogP contribution in [0.15, 0.2) is 60.8 Å². The summed E-state index contributed by atoms with van der Waals surface area (Å²) in [5.74, 6) is -0.0852. The molecule has 178 valence electrons. The number of thiazole rings is 1. The van der Waals surface area contributed by atoms with Crippen molar-refractivity contribution in [3.05, 3.63) is 77.1 Å². The molecule has 4 aromatic rings. The summed E-state index contributed by atoms with van der Waals surface area (Å²) in [6.45, 7) is 4.44. The Balaban J connectivity index is 1.33. The summed E-state index contributed by atoms with van der Waals surface area (Å²) in [7, 11) is 0. The van der Waals surface area contributed by atoms with Gasteiger partial charge in [-0.25, -0.2) is 19.7 Å². The molecule has 0 fully saturated rings. The molecule has 4 rings (SSSR count). The van der Waals surface area contributed by atoms with Crippen LogP contribution in [0.5, 0.6) is 0 Å². The van der Waals surface area contributed by atoms with E-state index in [9.17, 15) is 10.1 Å². The predicted molar refractivity (Wildman–Crippen MR) is 138 cm³/mol. The molecule has 2 aromatic carbocycles. The molecular weight excluding hydrogens is 460 g/mol. The monoisotopic (exact) mass is 486 g/mol. The lowest BCUT2D eigenvalue weighted by atomic mass is 10.1. The van der Waals surface area contributed by atoms with Crippen molar-refractivity contribution in [2.45, 2.75) is 38.7 Å². The third-order valence-corrected chi connectivity index (χ3v) is 6.54. The van der Waals surface area contributed by atoms with Gasteiger partial charge in [0.1, 0.15) is 17.0 Å². The largest absolute Gasteiger partial charge is 0.446 e. The summed E-state index contributed by atoms with van der Waals surface area (Å²) in [4.78, 5) is 25.3. The van der Waals surface area contributed by atoms with Gasteiger partial charge in [-0.05, 0) is 55.7 Å². The van der Waals surface area contributed by atoms with Crippen molar-refractivity contribution in [1.29, 1.82) is 5.26 Å². The Morgan fingerprint density at radius 3 is 2.69 bits per heavy atom. The minimum absolute atomic E-state index is 0.120. The summed E-state index contributed by atoms with van der Waals surface area (Å²) in [5.41, 5.74) is 3.28. The third-order valence-electron chi connectivity index (χ3n) is 5.44. The molecule has 0 aliphatic rings. The van der Waals surface area contributed by atoms with E-state index in [1.807, 2.05) is 62.4 Å². The first kappa shape index (κ1) is 24.1. The number of nitrogens with zero attached hydrogens (tertiary/aromatic N) is 4. The quantitative estimate of drug-likeness (QED) is 0.310. The number of benzene rings is 2. The van der Waals surface area contributed by atoms with Gasteiger partial charge >= 0.3 is 6.09 Å². The maximum absolute atomic E-state index is 11.8. The zero-order valence-electron chi connectivity index (χ0n) is 19.6. The molecule has 0 saturated heterocycles. The molecule has 2 unspecified atom stereocenters. The van der Waals surface area contributed by atoms with E-state index >= 15 is 0 Å². The van der Waals surface area contributed by atoms with Gasteiger partial charge in [-0.2, -0.15) is 5.26 Å². The Kier molecular flexibility index (Phi) is 7.85. The molecule has 9 heteroatoms. The average Bonchev–Trinajstić information content (AvgIpc) is 3.29. The highest BCUT2D eigenvalue weighted by atomic mass is 32.1. The van der Waals surface area contributed by atoms with E-state index in [4.69, 9.17) is 4.74 Å². The fourth-order valence-electron chi connectivity index (χ4n) is 3.37. The number of carbonyl (C=O) groups is 1. The summed E-state index contributed by atoms with van der Waals surface area (Å²) in [6, 6.07) is 19.5. The second-order valence-corrected chi connectivity index (χ2v) is 9.07. The zero-order chi connectivity index (χ0) is 24.6. The predicted octanol–water partition coefficient (Wildman–Crippen LogP) is 5.74. The van der Waals surface area contributed by atoms with Gasteiger partial charge in [0.05, 0.1) is 22.0 Å². The molecule has 2 N–H and O–H groups in total. The molecular formula is C26H26N6O2S. The number of rotatable bonds is 9. The van der Waals surface area contributed by atoms with Gasteiger partial charge in [-0.15, -0.1) is 11.3 Å². The van der Waals surface area contributed by atoms with Gasteiger partial charge < -0.3 is 10.1 Å². The number of anilines is 2. The Morgan fingerprint density at radius 1 is 1.14 bits per heavy atom. The Morgan fingerprint density at radius 2 is 1.94 bits per heavy atom. The number of ether oxygens (including phenoxy) is 1. The third kappa shape index (κ3) is 6.31. The number of para-hydroxylation sites is 1. The smallest absolute Gasteiger partial charge is 0.411 e. The Bertz CT molecular complexity index is 1300. The van der Waals surface area contributed by atoms with E-state index in [1.54, 1.807) is 12.3 Å². The Labute approximate surface area is 208 Å². The lowest BCUT2D eigenvalue weighted by Crippen LogP contribution is -2.19. The molecule has 0 spiro atoms. The van der Waals surface area contributed by atoms with Gasteiger partial charge in [0.2, 0.25) is 5.95 Å². The summed E-state index contributed by atoms with van der Waals surface area (Å²) in [5, 5.41) is 16.5. The highest BCUT2D eigenvalue weighted by Crippen LogP contribution is 2.30. The van der Waals surface area contributed by atoms with Crippen molar-refractivity contribution in [2.24, 2.45) is 0 Å². The number of aromatic nitrogens is 3. The molecule has 2 heterocycles. The number of fused-ring (bicyclic) bond motifs is 1. The SMILES string of the molecule is CCC(C)OC(=O)Nc1ccc(CCNc2nccc(C(C#N)c3nc4ccccc4s3)n2)cc1. The first-order chi connectivity index (χ1) is 17.1. The van der Waals surface area contributed by atoms with Crippen LogP contribution in [0.25, 0.3) is 10.2 Å². The zero-order valence-corrected chi connectivity index (χ0v) is 20.4. The molecule has 0 aliphatic carbocycles. The Hall–Kier alpha value is -4.03. The van der Waals surface area contributed by atoms with Crippen LogP contribution in [0.4, 0.5) is 16.4 Å². The van der Waals surface area contributed by atoms with Crippen LogP contribution >= 0.6 is 11.3 Å². The van der Waals surface area contributed by atoms with E-state index in [-0.39, 0.29) is 6.10 Å². The number of amides is 1. The van der Waals surface area contributed by atoms with E-state index in [2.05, 4.69) is 31.7 Å². The maximum Gasteiger partial charge on any atom is 0.411 e. The average molecular weight is 487 g/mol. The van der Waals surface area contributed by atoms with Crippen LogP contribution < -0.4 is 10.6 Å². The molecule has 1 amide bonds. The van der Waals surface area contributed by atoms with Gasteiger partial charge in [-0.3, -0.25) is 5.32 Å². The summed E-state index contributed by atoms with van der Waals surface area (Å²) < 4.78 is 6.27. The van der Waals surface area contributed by atoms with Crippen LogP contribution in [-0.4, -0.2) is 33.7 Å². The number of hydrogen-bond donors (Lipinski definition) is 2. The van der Waals surface area contributed by atoms with Gasteiger partial charge in [-0.1, -0.05) is 31.2 Å². The normalized spacial score (nSPS) is 12.5. The minimum Gasteiger partial charge on any atom is -0.446 e. The second kappa shape index (κ2) is 11.4. The highest BCUT2D eigenvalue weighted by molar-refractivity contribution is 7.18. The van der Waals surface area contributed by atoms with Crippen molar-refractivity contribution in [1.82, 2.24) is 15.0 Å². The standard InChI is InChI=1S/C26H26N6O2S/c1-3-17(2)34-26(33)30-19-10-8-18(9-11-19)12-14-28-25-29-15-13-21(32-25)20(16-27)24-31-22-6-4-5-7-23(22)35-24/h4-11,13,15,17,20H,3,12,14H2,1-2H3,(H,30,33)(H,28,29,32). The fourth-order valence-corrected chi connectivity index (χ4v) is 4.39. The van der Waals surface area contributed by atoms with E-state index < -0.39 is 12.0 Å². The molecule has 8 nitrogen and oxygen atoms in total. The first-order valence-corrected chi connectivity index (χ1v) is 12.3. The molecule has 0 saturated carbocycles. The molecule has 0 bridgehead atoms. The van der Waals surface area contributed by atoms with Crippen LogP contribution in [0.2, 0.25) is 0 Å². The van der Waals surface area contributed by atoms with E-state index in [0.29, 0.717) is 23.9 Å². The summed E-state index contributed by atoms with van der Waals surface area (Å²) >= 11 is 1.51. The van der Waals surface area contributed by atoms with Crippen molar-refractivity contribution < 1.29 is 9.53 Å². The fraction of sp³-hybridized carbons (Fsp3) is 0.269. The van der Waals surface area contributed by atoms with Crippen molar-refractivity contribution in [2.75, 3.05) is 17.2 Å². The number of nitriles is 1. The molecule has 0 aliphatic heterocycles. The first-order valence-electron chi connectivity index (χ1n) is 11.4. The molecule has 2 aromatic heterocycles. The van der Waals surface area contributed by atoms with Gasteiger partial charge in [0.15, 0.2) is 0 Å². The molecule has 0 radical (unpaired) electrons. The van der Waals surface area contributed by atoms with E-state index in [0.717, 1.165) is 33.6 Å². The van der Waals surface area contributed by atoms with Gasteiger partial charge in [0, 0.05) is 18.4 Å². The van der Waals surface area contributed by atoms with Crippen LogP contribution in [0.1, 0.15) is 42.5 Å². The van der Waals surface area contributed by atoms with Crippen molar-refractivity contribution >= 4 is 39.3 Å². The molecule has 2 atom stereocenters. The summed E-state index contributed by atoms with van der Waals surface area (Å²) in [6.07, 6.45) is 2.59. The lowest BCUT2D eigenvalue weighted by molar-refractivity contribution is 0.118. The maximum atomic E-state index is 11.8. The second-order valence-electron chi connectivity index (χ2n) is 8.01. The van der Waals surface area contributed by atoms with Gasteiger partial charge in [0.25, 0.3) is 0 Å². The lowest BCUT2D eigenvalue weighted by Gasteiger charge is -2.12.